The van der Waals surface area contributed by atoms with E-state index in [2.05, 4.69) is 25.3 Å². The minimum atomic E-state index is 0. The van der Waals surface area contributed by atoms with Gasteiger partial charge < -0.3 is 20.7 Å². The predicted molar refractivity (Wildman–Crippen MR) is 135 cm³/mol. The lowest BCUT2D eigenvalue weighted by Gasteiger charge is -2.31. The average molecular weight is 496 g/mol. The molecule has 1 aliphatic heterocycles. The summed E-state index contributed by atoms with van der Waals surface area (Å²) in [7, 11) is 1.59. The number of hydrogen-bond acceptors (Lipinski definition) is 6. The molecule has 0 radical (unpaired) electrons. The zero-order chi connectivity index (χ0) is 21.1. The van der Waals surface area contributed by atoms with Gasteiger partial charge in [0.2, 0.25) is 0 Å². The van der Waals surface area contributed by atoms with Crippen molar-refractivity contribution in [1.82, 2.24) is 10.2 Å². The molecule has 10 heteroatoms. The van der Waals surface area contributed by atoms with Crippen molar-refractivity contribution in [3.8, 4) is 5.75 Å². The van der Waals surface area contributed by atoms with Gasteiger partial charge in [-0.15, -0.1) is 35.0 Å². The normalized spacial score (nSPS) is 13.6. The Labute approximate surface area is 204 Å². The predicted octanol–water partition coefficient (Wildman–Crippen LogP) is 5.23. The van der Waals surface area contributed by atoms with E-state index in [1.54, 1.807) is 7.11 Å². The van der Waals surface area contributed by atoms with Gasteiger partial charge >= 0.3 is 0 Å². The van der Waals surface area contributed by atoms with Gasteiger partial charge in [-0.1, -0.05) is 29.8 Å². The van der Waals surface area contributed by atoms with Crippen molar-refractivity contribution >= 4 is 64.5 Å². The van der Waals surface area contributed by atoms with Crippen LogP contribution in [0.5, 0.6) is 5.75 Å². The Bertz CT molecular complexity index is 1110. The lowest BCUT2D eigenvalue weighted by molar-refractivity contribution is 0.415. The molecule has 1 saturated heterocycles. The van der Waals surface area contributed by atoms with E-state index in [0.717, 1.165) is 48.1 Å². The molecule has 0 saturated carbocycles. The fourth-order valence-electron chi connectivity index (χ4n) is 3.68. The highest BCUT2D eigenvalue weighted by Crippen LogP contribution is 2.33. The minimum Gasteiger partial charge on any atom is -0.495 e. The first-order valence-corrected chi connectivity index (χ1v) is 10.2. The van der Waals surface area contributed by atoms with Crippen molar-refractivity contribution in [3.05, 3.63) is 58.4 Å². The third kappa shape index (κ3) is 5.45. The van der Waals surface area contributed by atoms with Crippen molar-refractivity contribution in [2.24, 2.45) is 5.73 Å². The minimum absolute atomic E-state index is 0. The van der Waals surface area contributed by atoms with Crippen LogP contribution in [0.3, 0.4) is 0 Å². The largest absolute Gasteiger partial charge is 0.495 e. The van der Waals surface area contributed by atoms with Crippen LogP contribution in [-0.2, 0) is 6.54 Å². The summed E-state index contributed by atoms with van der Waals surface area (Å²) < 4.78 is 5.21. The van der Waals surface area contributed by atoms with E-state index in [0.29, 0.717) is 28.8 Å². The quantitative estimate of drug-likeness (QED) is 0.472. The van der Waals surface area contributed by atoms with Crippen LogP contribution in [0.4, 0.5) is 17.3 Å². The van der Waals surface area contributed by atoms with Gasteiger partial charge in [-0.2, -0.15) is 0 Å². The third-order valence-electron chi connectivity index (χ3n) is 5.39. The number of nitrogens with two attached hydrogens (primary N) is 1. The first-order chi connectivity index (χ1) is 14.6. The topological polar surface area (TPSA) is 80.7 Å². The van der Waals surface area contributed by atoms with Crippen LogP contribution >= 0.6 is 36.4 Å². The maximum absolute atomic E-state index is 7.38. The molecule has 0 amide bonds. The lowest BCUT2D eigenvalue weighted by atomic mass is 10.0. The Morgan fingerprint density at radius 2 is 1.91 bits per heavy atom. The fraction of sp³-hybridized carbons (Fsp3) is 0.318. The van der Waals surface area contributed by atoms with Gasteiger partial charge in [-0.3, -0.25) is 0 Å². The van der Waals surface area contributed by atoms with Crippen LogP contribution in [0, 0.1) is 6.57 Å². The molecular formula is C22H25Cl3N6O. The van der Waals surface area contributed by atoms with Gasteiger partial charge in [0.1, 0.15) is 5.75 Å². The molecule has 0 spiro atoms. The van der Waals surface area contributed by atoms with Crippen LogP contribution in [0.2, 0.25) is 5.02 Å². The average Bonchev–Trinajstić information content (AvgIpc) is 2.77. The van der Waals surface area contributed by atoms with E-state index >= 15 is 0 Å². The highest BCUT2D eigenvalue weighted by Gasteiger charge is 2.21. The molecule has 0 bridgehead atoms. The molecule has 3 N–H and O–H groups in total. The Morgan fingerprint density at radius 1 is 1.16 bits per heavy atom. The van der Waals surface area contributed by atoms with Crippen molar-refractivity contribution in [1.29, 1.82) is 0 Å². The van der Waals surface area contributed by atoms with Gasteiger partial charge in [-0.25, -0.2) is 4.85 Å². The molecular weight excluding hydrogens is 471 g/mol. The van der Waals surface area contributed by atoms with Crippen molar-refractivity contribution in [2.45, 2.75) is 25.4 Å². The highest BCUT2D eigenvalue weighted by molar-refractivity contribution is 6.32. The van der Waals surface area contributed by atoms with Crippen LogP contribution in [-0.4, -0.2) is 36.4 Å². The Morgan fingerprint density at radius 3 is 2.56 bits per heavy atom. The number of nitrogens with one attached hydrogen (secondary N) is 1. The number of piperidine rings is 1. The van der Waals surface area contributed by atoms with Gasteiger partial charge in [0.15, 0.2) is 17.3 Å². The standard InChI is InChI=1S/C22H23ClN6O.2ClH/c1-25-16-4-5-17-18(12-16)21(26-13-14-3-6-20(30-2)19(23)11-14)27-28-22(17)29-9-7-15(24)8-10-29;;/h3-6,11-12,15H,7-10,13,24H2,2H3,(H,26,27);2*1H. The second-order valence-electron chi connectivity index (χ2n) is 7.36. The van der Waals surface area contributed by atoms with E-state index in [1.165, 1.54) is 0 Å². The summed E-state index contributed by atoms with van der Waals surface area (Å²) in [5.41, 5.74) is 7.61. The first kappa shape index (κ1) is 25.8. The third-order valence-corrected chi connectivity index (χ3v) is 5.68. The number of hydrogen-bond donors (Lipinski definition) is 2. The molecule has 4 rings (SSSR count). The maximum atomic E-state index is 7.38. The number of aromatic nitrogens is 2. The first-order valence-electron chi connectivity index (χ1n) is 9.83. The zero-order valence-electron chi connectivity index (χ0n) is 17.5. The maximum Gasteiger partial charge on any atom is 0.188 e. The number of ether oxygens (including phenoxy) is 1. The van der Waals surface area contributed by atoms with Gasteiger partial charge in [0.05, 0.1) is 18.7 Å². The monoisotopic (exact) mass is 494 g/mol. The number of rotatable bonds is 5. The summed E-state index contributed by atoms with van der Waals surface area (Å²) in [5.74, 6) is 2.12. The van der Waals surface area contributed by atoms with Gasteiger partial charge in [-0.05, 0) is 36.6 Å². The number of methoxy groups -OCH3 is 1. The molecule has 1 aromatic heterocycles. The fourth-order valence-corrected chi connectivity index (χ4v) is 3.96. The number of halogens is 3. The molecule has 0 aliphatic carbocycles. The molecule has 0 unspecified atom stereocenters. The van der Waals surface area contributed by atoms with E-state index < -0.39 is 0 Å². The molecule has 1 fully saturated rings. The highest BCUT2D eigenvalue weighted by atomic mass is 35.5. The molecule has 2 heterocycles. The van der Waals surface area contributed by atoms with Crippen LogP contribution in [0.15, 0.2) is 36.4 Å². The SMILES string of the molecule is Cl.Cl.[C-]#[N+]c1ccc2c(N3CCC(N)CC3)nnc(NCc3ccc(OC)c(Cl)c3)c2c1. The van der Waals surface area contributed by atoms with Crippen LogP contribution < -0.4 is 20.7 Å². The Hall–Kier alpha value is -2.50. The van der Waals surface area contributed by atoms with Crippen molar-refractivity contribution < 1.29 is 4.74 Å². The van der Waals surface area contributed by atoms with E-state index in [-0.39, 0.29) is 30.9 Å². The summed E-state index contributed by atoms with van der Waals surface area (Å²) >= 11 is 6.23. The Balaban J connectivity index is 0.00000181. The number of anilines is 2. The summed E-state index contributed by atoms with van der Waals surface area (Å²) in [4.78, 5) is 5.80. The van der Waals surface area contributed by atoms with Gasteiger partial charge in [0.25, 0.3) is 0 Å². The summed E-state index contributed by atoms with van der Waals surface area (Å²) in [6.07, 6.45) is 1.86. The Kier molecular flexibility index (Phi) is 9.17. The molecule has 1 aliphatic rings. The molecule has 7 nitrogen and oxygen atoms in total. The van der Waals surface area contributed by atoms with E-state index in [4.69, 9.17) is 28.6 Å². The van der Waals surface area contributed by atoms with E-state index in [9.17, 15) is 0 Å². The van der Waals surface area contributed by atoms with Crippen molar-refractivity contribution in [2.75, 3.05) is 30.4 Å². The van der Waals surface area contributed by atoms with Gasteiger partial charge in [0, 0.05) is 36.4 Å². The van der Waals surface area contributed by atoms with Crippen molar-refractivity contribution in [3.63, 3.8) is 0 Å². The number of nitrogens with zero attached hydrogens (tertiary/aromatic N) is 4. The number of benzene rings is 2. The summed E-state index contributed by atoms with van der Waals surface area (Å²) in [6.45, 7) is 9.61. The second kappa shape index (κ2) is 11.4. The summed E-state index contributed by atoms with van der Waals surface area (Å²) in [5, 5.41) is 14.7. The molecule has 0 atom stereocenters. The summed E-state index contributed by atoms with van der Waals surface area (Å²) in [6, 6.07) is 11.5. The smallest absolute Gasteiger partial charge is 0.188 e. The zero-order valence-corrected chi connectivity index (χ0v) is 19.9. The molecule has 3 aromatic rings. The van der Waals surface area contributed by atoms with Crippen LogP contribution in [0.1, 0.15) is 18.4 Å². The lowest BCUT2D eigenvalue weighted by Crippen LogP contribution is -2.40. The van der Waals surface area contributed by atoms with Crippen LogP contribution in [0.25, 0.3) is 15.6 Å². The van der Waals surface area contributed by atoms with E-state index in [1.807, 2.05) is 36.4 Å². The molecule has 170 valence electrons. The number of fused-ring (bicyclic) bond motifs is 1. The molecule has 32 heavy (non-hydrogen) atoms. The second-order valence-corrected chi connectivity index (χ2v) is 7.77. The molecule has 2 aromatic carbocycles.